The zero-order valence-electron chi connectivity index (χ0n) is 19.1. The molecule has 3 rings (SSSR count). The minimum absolute atomic E-state index is 0.113. The number of nitrogens with one attached hydrogen (secondary N) is 3. The van der Waals surface area contributed by atoms with Crippen molar-refractivity contribution >= 4 is 29.2 Å². The molecule has 0 aliphatic carbocycles. The van der Waals surface area contributed by atoms with E-state index < -0.39 is 17.1 Å². The molecule has 0 aliphatic heterocycles. The smallest absolute Gasteiger partial charge is 0.308 e. The second-order valence-corrected chi connectivity index (χ2v) is 7.72. The average molecular weight is 447 g/mol. The van der Waals surface area contributed by atoms with Crippen LogP contribution in [0, 0.1) is 13.8 Å². The molecule has 1 amide bonds. The Labute approximate surface area is 189 Å². The van der Waals surface area contributed by atoms with Gasteiger partial charge in [-0.2, -0.15) is 0 Å². The van der Waals surface area contributed by atoms with Crippen molar-refractivity contribution in [2.24, 2.45) is 0 Å². The van der Waals surface area contributed by atoms with Crippen LogP contribution in [-0.4, -0.2) is 21.8 Å². The van der Waals surface area contributed by atoms with Crippen molar-refractivity contribution in [3.8, 4) is 5.75 Å². The quantitative estimate of drug-likeness (QED) is 0.415. The average Bonchev–Trinajstić information content (AvgIpc) is 2.74. The number of hydrogen-bond acceptors (Lipinski definition) is 5. The summed E-state index contributed by atoms with van der Waals surface area (Å²) in [6.45, 7) is 8.19. The predicted molar refractivity (Wildman–Crippen MR) is 127 cm³/mol. The number of carbonyl (C=O) groups excluding carboxylic acids is 2. The van der Waals surface area contributed by atoms with Crippen molar-refractivity contribution < 1.29 is 14.3 Å². The van der Waals surface area contributed by atoms with Crippen molar-refractivity contribution in [2.45, 2.75) is 34.6 Å². The van der Waals surface area contributed by atoms with E-state index in [1.165, 1.54) is 13.8 Å². The molecule has 1 heterocycles. The first-order chi connectivity index (χ1) is 15.6. The highest BCUT2D eigenvalue weighted by Gasteiger charge is 2.12. The molecule has 2 aromatic carbocycles. The monoisotopic (exact) mass is 447 g/mol. The van der Waals surface area contributed by atoms with Crippen LogP contribution in [0.4, 0.5) is 5.69 Å². The summed E-state index contributed by atoms with van der Waals surface area (Å²) in [7, 11) is 0. The first-order valence-electron chi connectivity index (χ1n) is 10.3. The normalized spacial score (nSPS) is 12.3. The molecule has 3 aromatic rings. The lowest BCUT2D eigenvalue weighted by Crippen LogP contribution is -2.47. The molecule has 1 aromatic heterocycles. The Bertz CT molecular complexity index is 1480. The molecule has 0 unspecified atom stereocenters. The van der Waals surface area contributed by atoms with Gasteiger partial charge in [-0.05, 0) is 72.9 Å². The van der Waals surface area contributed by atoms with Gasteiger partial charge in [0.25, 0.3) is 11.1 Å². The molecule has 170 valence electrons. The van der Waals surface area contributed by atoms with Gasteiger partial charge >= 0.3 is 5.97 Å². The first kappa shape index (κ1) is 23.5. The molecular weight excluding hydrogens is 422 g/mol. The Morgan fingerprint density at radius 2 is 1.55 bits per heavy atom. The number of aromatic amines is 2. The molecular formula is C25H25N3O5. The summed E-state index contributed by atoms with van der Waals surface area (Å²) < 4.78 is 5.21. The van der Waals surface area contributed by atoms with Crippen molar-refractivity contribution in [2.75, 3.05) is 5.32 Å². The van der Waals surface area contributed by atoms with Gasteiger partial charge in [0.2, 0.25) is 5.91 Å². The van der Waals surface area contributed by atoms with E-state index >= 15 is 0 Å². The lowest BCUT2D eigenvalue weighted by molar-refractivity contribution is -0.131. The molecule has 0 radical (unpaired) electrons. The maximum atomic E-state index is 12.8. The predicted octanol–water partition coefficient (Wildman–Crippen LogP) is 1.61. The molecule has 0 saturated carbocycles. The van der Waals surface area contributed by atoms with Crippen LogP contribution in [0.1, 0.15) is 43.0 Å². The van der Waals surface area contributed by atoms with Crippen LogP contribution in [0.2, 0.25) is 0 Å². The molecule has 0 saturated heterocycles. The van der Waals surface area contributed by atoms with E-state index in [1.54, 1.807) is 49.4 Å². The summed E-state index contributed by atoms with van der Waals surface area (Å²) in [4.78, 5) is 53.2. The number of carbonyl (C=O) groups is 2. The minimum atomic E-state index is -0.444. The van der Waals surface area contributed by atoms with Crippen molar-refractivity contribution in [1.29, 1.82) is 0 Å². The summed E-state index contributed by atoms with van der Waals surface area (Å²) in [6, 6.07) is 10.3. The van der Waals surface area contributed by atoms with Crippen LogP contribution in [0.5, 0.6) is 5.75 Å². The number of anilines is 1. The second kappa shape index (κ2) is 9.52. The van der Waals surface area contributed by atoms with E-state index in [0.717, 1.165) is 16.7 Å². The molecule has 8 heteroatoms. The summed E-state index contributed by atoms with van der Waals surface area (Å²) >= 11 is 0. The van der Waals surface area contributed by atoms with E-state index in [9.17, 15) is 19.2 Å². The number of esters is 1. The van der Waals surface area contributed by atoms with Crippen molar-refractivity contribution in [1.82, 2.24) is 9.97 Å². The molecule has 8 nitrogen and oxygen atoms in total. The van der Waals surface area contributed by atoms with Gasteiger partial charge in [-0.25, -0.2) is 0 Å². The van der Waals surface area contributed by atoms with Gasteiger partial charge < -0.3 is 20.0 Å². The lowest BCUT2D eigenvalue weighted by atomic mass is 9.97. The number of amides is 1. The number of H-pyrrole nitrogens is 2. The van der Waals surface area contributed by atoms with E-state index in [1.807, 2.05) is 13.8 Å². The Morgan fingerprint density at radius 1 is 0.879 bits per heavy atom. The van der Waals surface area contributed by atoms with Gasteiger partial charge in [0.15, 0.2) is 0 Å². The topological polar surface area (TPSA) is 121 Å². The molecule has 0 fully saturated rings. The zero-order valence-corrected chi connectivity index (χ0v) is 19.1. The van der Waals surface area contributed by atoms with E-state index in [-0.39, 0.29) is 16.6 Å². The van der Waals surface area contributed by atoms with E-state index in [0.29, 0.717) is 22.6 Å². The maximum Gasteiger partial charge on any atom is 0.308 e. The maximum absolute atomic E-state index is 12.8. The third-order valence-corrected chi connectivity index (χ3v) is 5.27. The third-order valence-electron chi connectivity index (χ3n) is 5.27. The van der Waals surface area contributed by atoms with Gasteiger partial charge in [0.1, 0.15) is 16.4 Å². The highest BCUT2D eigenvalue weighted by atomic mass is 16.5. The summed E-state index contributed by atoms with van der Waals surface area (Å²) in [5.74, 6) is -0.141. The third kappa shape index (κ3) is 5.35. The summed E-state index contributed by atoms with van der Waals surface area (Å²) in [5, 5.41) is 2.93. The van der Waals surface area contributed by atoms with Crippen LogP contribution in [0.25, 0.3) is 11.6 Å². The zero-order chi connectivity index (χ0) is 24.3. The van der Waals surface area contributed by atoms with Crippen molar-refractivity contribution in [3.05, 3.63) is 90.1 Å². The first-order valence-corrected chi connectivity index (χ1v) is 10.3. The highest BCUT2D eigenvalue weighted by molar-refractivity contribution is 5.88. The number of ether oxygens (including phenoxy) is 1. The molecule has 3 N–H and O–H groups in total. The van der Waals surface area contributed by atoms with Crippen LogP contribution in [-0.2, 0) is 9.59 Å². The number of hydrogen-bond donors (Lipinski definition) is 3. The number of aromatic nitrogens is 2. The Hall–Kier alpha value is -4.20. The molecule has 0 bridgehead atoms. The summed E-state index contributed by atoms with van der Waals surface area (Å²) in [5.41, 5.74) is 3.40. The van der Waals surface area contributed by atoms with Gasteiger partial charge in [-0.3, -0.25) is 19.2 Å². The van der Waals surface area contributed by atoms with Gasteiger partial charge in [0.05, 0.1) is 0 Å². The van der Waals surface area contributed by atoms with Crippen LogP contribution in [0.15, 0.2) is 46.0 Å². The van der Waals surface area contributed by atoms with Crippen molar-refractivity contribution in [3.63, 3.8) is 0 Å². The molecule has 0 aliphatic rings. The summed E-state index contributed by atoms with van der Waals surface area (Å²) in [6.07, 6.45) is 1.56. The largest absolute Gasteiger partial charge is 0.426 e. The van der Waals surface area contributed by atoms with E-state index in [2.05, 4.69) is 15.3 Å². The SMILES string of the molecule is CC(=O)Nc1ccc(C=c2[nH]c(=O)c(=C(C)c3ccc(OC(C)=O)c(C)c3C)[nH]c2=O)cc1. The van der Waals surface area contributed by atoms with Crippen LogP contribution >= 0.6 is 0 Å². The van der Waals surface area contributed by atoms with Crippen LogP contribution < -0.4 is 31.9 Å². The second-order valence-electron chi connectivity index (χ2n) is 7.72. The number of benzene rings is 2. The van der Waals surface area contributed by atoms with E-state index in [4.69, 9.17) is 4.74 Å². The fraction of sp³-hybridized carbons (Fsp3) is 0.200. The van der Waals surface area contributed by atoms with Gasteiger partial charge in [0, 0.05) is 19.5 Å². The van der Waals surface area contributed by atoms with Crippen LogP contribution in [0.3, 0.4) is 0 Å². The Morgan fingerprint density at radius 3 is 2.15 bits per heavy atom. The Kier molecular flexibility index (Phi) is 6.77. The number of rotatable bonds is 4. The Balaban J connectivity index is 2.07. The standard InChI is InChI=1S/C25H25N3O5/c1-13-14(2)22(33-17(5)30)11-10-20(13)15(3)23-25(32)27-21(24(31)28-23)12-18-6-8-19(9-7-18)26-16(4)29/h6-12H,1-5H3,(H,26,29)(H,27,32)(H,28,31). The lowest BCUT2D eigenvalue weighted by Gasteiger charge is -2.13. The minimum Gasteiger partial charge on any atom is -0.426 e. The molecule has 0 atom stereocenters. The fourth-order valence-electron chi connectivity index (χ4n) is 3.48. The van der Waals surface area contributed by atoms with Gasteiger partial charge in [-0.15, -0.1) is 0 Å². The van der Waals surface area contributed by atoms with Gasteiger partial charge in [-0.1, -0.05) is 18.2 Å². The highest BCUT2D eigenvalue weighted by Crippen LogP contribution is 2.27. The molecule has 0 spiro atoms. The fourth-order valence-corrected chi connectivity index (χ4v) is 3.48. The molecule has 33 heavy (non-hydrogen) atoms.